The molecule has 0 aliphatic carbocycles. The van der Waals surface area contributed by atoms with E-state index in [9.17, 15) is 5.11 Å². The fraction of sp³-hybridized carbons (Fsp3) is 0.941. The van der Waals surface area contributed by atoms with E-state index in [2.05, 4.69) is 43.3 Å². The summed E-state index contributed by atoms with van der Waals surface area (Å²) in [6.07, 6.45) is 4.17. The molecule has 1 aliphatic rings. The van der Waals surface area contributed by atoms with Gasteiger partial charge in [-0.2, -0.15) is 0 Å². The topological polar surface area (TPSA) is 65.9 Å². The van der Waals surface area contributed by atoms with Gasteiger partial charge in [-0.3, -0.25) is 4.99 Å². The van der Waals surface area contributed by atoms with E-state index in [4.69, 9.17) is 4.74 Å². The van der Waals surface area contributed by atoms with Crippen molar-refractivity contribution in [1.82, 2.24) is 10.6 Å². The minimum atomic E-state index is -0.106. The van der Waals surface area contributed by atoms with Crippen molar-refractivity contribution in [1.29, 1.82) is 0 Å². The number of hydrogen-bond acceptors (Lipinski definition) is 3. The first-order valence-electron chi connectivity index (χ1n) is 8.76. The number of nitrogens with zero attached hydrogens (tertiary/aromatic N) is 1. The highest BCUT2D eigenvalue weighted by Crippen LogP contribution is 2.25. The van der Waals surface area contributed by atoms with Crippen LogP contribution < -0.4 is 10.6 Å². The Kier molecular flexibility index (Phi) is 8.79. The van der Waals surface area contributed by atoms with E-state index in [-0.39, 0.29) is 12.2 Å². The molecule has 1 fully saturated rings. The first-order valence-corrected chi connectivity index (χ1v) is 8.76. The molecule has 0 spiro atoms. The maximum atomic E-state index is 9.21. The summed E-state index contributed by atoms with van der Waals surface area (Å²) >= 11 is 0. The molecule has 0 bridgehead atoms. The van der Waals surface area contributed by atoms with Gasteiger partial charge in [0.2, 0.25) is 0 Å². The molecule has 0 aromatic carbocycles. The van der Waals surface area contributed by atoms with Crippen molar-refractivity contribution in [2.24, 2.45) is 16.8 Å². The van der Waals surface area contributed by atoms with Crippen molar-refractivity contribution >= 4 is 5.96 Å². The summed E-state index contributed by atoms with van der Waals surface area (Å²) in [5.74, 6) is 1.97. The molecular formula is C17H35N3O2. The van der Waals surface area contributed by atoms with Crippen molar-refractivity contribution in [3.63, 3.8) is 0 Å². The standard InChI is InChI=1S/C17H35N3O2/c1-5-18-16(20-13-17(4)8-6-10-22-17)19-12-15(7-9-21)11-14(2)3/h14-15,21H,5-13H2,1-4H3,(H2,18,19,20). The van der Waals surface area contributed by atoms with Crippen LogP contribution >= 0.6 is 0 Å². The van der Waals surface area contributed by atoms with Crippen molar-refractivity contribution in [3.8, 4) is 0 Å². The van der Waals surface area contributed by atoms with Gasteiger partial charge in [-0.25, -0.2) is 0 Å². The van der Waals surface area contributed by atoms with Crippen molar-refractivity contribution in [3.05, 3.63) is 0 Å². The molecule has 1 heterocycles. The van der Waals surface area contributed by atoms with Gasteiger partial charge in [0.25, 0.3) is 0 Å². The maximum Gasteiger partial charge on any atom is 0.191 e. The molecule has 0 amide bonds. The van der Waals surface area contributed by atoms with Crippen LogP contribution in [-0.2, 0) is 4.74 Å². The van der Waals surface area contributed by atoms with Crippen LogP contribution in [0.4, 0.5) is 0 Å². The molecule has 1 saturated heterocycles. The van der Waals surface area contributed by atoms with Gasteiger partial charge in [0.1, 0.15) is 0 Å². The van der Waals surface area contributed by atoms with Gasteiger partial charge in [0.05, 0.1) is 12.1 Å². The molecule has 2 unspecified atom stereocenters. The number of nitrogens with one attached hydrogen (secondary N) is 2. The van der Waals surface area contributed by atoms with Crippen LogP contribution in [0.15, 0.2) is 4.99 Å². The lowest BCUT2D eigenvalue weighted by atomic mass is 9.94. The van der Waals surface area contributed by atoms with Crippen LogP contribution in [0.2, 0.25) is 0 Å². The highest BCUT2D eigenvalue weighted by Gasteiger charge is 2.29. The van der Waals surface area contributed by atoms with Crippen LogP contribution in [0, 0.1) is 11.8 Å². The largest absolute Gasteiger partial charge is 0.396 e. The molecule has 1 rings (SSSR count). The molecule has 5 heteroatoms. The zero-order chi connectivity index (χ0) is 16.4. The Labute approximate surface area is 135 Å². The normalized spacial score (nSPS) is 23.8. The number of aliphatic hydroxyl groups excluding tert-OH is 1. The molecular weight excluding hydrogens is 278 g/mol. The predicted molar refractivity (Wildman–Crippen MR) is 92.2 cm³/mol. The Hall–Kier alpha value is -0.810. The number of aliphatic hydroxyl groups is 1. The summed E-state index contributed by atoms with van der Waals surface area (Å²) in [4.78, 5) is 4.69. The molecule has 2 atom stereocenters. The third kappa shape index (κ3) is 7.45. The zero-order valence-corrected chi connectivity index (χ0v) is 14.8. The Balaban J connectivity index is 2.50. The zero-order valence-electron chi connectivity index (χ0n) is 14.8. The minimum Gasteiger partial charge on any atom is -0.396 e. The third-order valence-electron chi connectivity index (χ3n) is 4.12. The number of guanidine groups is 1. The van der Waals surface area contributed by atoms with Crippen molar-refractivity contribution < 1.29 is 9.84 Å². The van der Waals surface area contributed by atoms with Crippen LogP contribution in [0.1, 0.15) is 53.4 Å². The average Bonchev–Trinajstić information content (AvgIpc) is 2.88. The highest BCUT2D eigenvalue weighted by atomic mass is 16.5. The van der Waals surface area contributed by atoms with Gasteiger partial charge < -0.3 is 20.5 Å². The molecule has 22 heavy (non-hydrogen) atoms. The smallest absolute Gasteiger partial charge is 0.191 e. The SMILES string of the molecule is CCNC(=NCC1(C)CCCO1)NCC(CCO)CC(C)C. The first-order chi connectivity index (χ1) is 10.5. The van der Waals surface area contributed by atoms with Crippen LogP contribution in [0.3, 0.4) is 0 Å². The maximum absolute atomic E-state index is 9.21. The molecule has 0 radical (unpaired) electrons. The number of aliphatic imine (C=N–C) groups is 1. The van der Waals surface area contributed by atoms with Crippen LogP contribution in [0.5, 0.6) is 0 Å². The highest BCUT2D eigenvalue weighted by molar-refractivity contribution is 5.79. The van der Waals surface area contributed by atoms with Crippen molar-refractivity contribution in [2.45, 2.75) is 59.0 Å². The quantitative estimate of drug-likeness (QED) is 0.451. The molecule has 0 saturated carbocycles. The Bertz CT molecular complexity index is 326. The summed E-state index contributed by atoms with van der Waals surface area (Å²) < 4.78 is 5.79. The van der Waals surface area contributed by atoms with Gasteiger partial charge in [0, 0.05) is 26.3 Å². The van der Waals surface area contributed by atoms with E-state index < -0.39 is 0 Å². The number of ether oxygens (including phenoxy) is 1. The second-order valence-corrected chi connectivity index (χ2v) is 6.99. The summed E-state index contributed by atoms with van der Waals surface area (Å²) in [7, 11) is 0. The Morgan fingerprint density at radius 1 is 1.36 bits per heavy atom. The summed E-state index contributed by atoms with van der Waals surface area (Å²) in [6.45, 7) is 12.1. The lowest BCUT2D eigenvalue weighted by Gasteiger charge is -2.23. The molecule has 0 aromatic heterocycles. The summed E-state index contributed by atoms with van der Waals surface area (Å²) in [5.41, 5.74) is -0.106. The number of rotatable bonds is 9. The fourth-order valence-electron chi connectivity index (χ4n) is 2.94. The van der Waals surface area contributed by atoms with Crippen LogP contribution in [-0.4, -0.2) is 49.5 Å². The van der Waals surface area contributed by atoms with E-state index in [0.717, 1.165) is 51.3 Å². The molecule has 130 valence electrons. The fourth-order valence-corrected chi connectivity index (χ4v) is 2.94. The van der Waals surface area contributed by atoms with E-state index >= 15 is 0 Å². The predicted octanol–water partition coefficient (Wildman–Crippen LogP) is 2.16. The van der Waals surface area contributed by atoms with Gasteiger partial charge in [-0.15, -0.1) is 0 Å². The second-order valence-electron chi connectivity index (χ2n) is 6.99. The lowest BCUT2D eigenvalue weighted by molar-refractivity contribution is 0.0283. The summed E-state index contributed by atoms with van der Waals surface area (Å²) in [5, 5.41) is 15.9. The lowest BCUT2D eigenvalue weighted by Crippen LogP contribution is -2.41. The van der Waals surface area contributed by atoms with E-state index in [1.54, 1.807) is 0 Å². The molecule has 5 nitrogen and oxygen atoms in total. The average molecular weight is 313 g/mol. The summed E-state index contributed by atoms with van der Waals surface area (Å²) in [6, 6.07) is 0. The van der Waals surface area contributed by atoms with Gasteiger partial charge >= 0.3 is 0 Å². The second kappa shape index (κ2) is 10.1. The van der Waals surface area contributed by atoms with Gasteiger partial charge in [0.15, 0.2) is 5.96 Å². The Morgan fingerprint density at radius 2 is 2.14 bits per heavy atom. The third-order valence-corrected chi connectivity index (χ3v) is 4.12. The molecule has 1 aliphatic heterocycles. The van der Waals surface area contributed by atoms with E-state index in [0.29, 0.717) is 18.4 Å². The van der Waals surface area contributed by atoms with E-state index in [1.807, 2.05) is 0 Å². The number of hydrogen-bond donors (Lipinski definition) is 3. The van der Waals surface area contributed by atoms with Gasteiger partial charge in [-0.05, 0) is 51.4 Å². The Morgan fingerprint density at radius 3 is 2.68 bits per heavy atom. The van der Waals surface area contributed by atoms with Crippen LogP contribution in [0.25, 0.3) is 0 Å². The minimum absolute atomic E-state index is 0.106. The van der Waals surface area contributed by atoms with Crippen molar-refractivity contribution in [2.75, 3.05) is 32.8 Å². The first kappa shape index (κ1) is 19.2. The van der Waals surface area contributed by atoms with E-state index in [1.165, 1.54) is 0 Å². The van der Waals surface area contributed by atoms with Gasteiger partial charge in [-0.1, -0.05) is 13.8 Å². The molecule has 3 N–H and O–H groups in total. The molecule has 0 aromatic rings. The monoisotopic (exact) mass is 313 g/mol.